The predicted molar refractivity (Wildman–Crippen MR) is 159 cm³/mol. The number of likely N-dealkylation sites (tertiary alicyclic amines) is 1. The van der Waals surface area contributed by atoms with Crippen molar-refractivity contribution < 1.29 is 28.8 Å². The van der Waals surface area contributed by atoms with E-state index in [0.29, 0.717) is 53.3 Å². The van der Waals surface area contributed by atoms with Gasteiger partial charge in [0.1, 0.15) is 36.2 Å². The second-order valence-electron chi connectivity index (χ2n) is 9.88. The largest absolute Gasteiger partial charge is 0.493 e. The van der Waals surface area contributed by atoms with Crippen molar-refractivity contribution >= 4 is 23.1 Å². The third kappa shape index (κ3) is 9.21. The quantitative estimate of drug-likeness (QED) is 0.128. The summed E-state index contributed by atoms with van der Waals surface area (Å²) in [6.07, 6.45) is 2.70. The van der Waals surface area contributed by atoms with Crippen LogP contribution in [-0.4, -0.2) is 61.0 Å². The SMILES string of the molecule is N#COc1ccc(OCCC(=O)C(=N)C(CN2CCCC2)[C@H](O)c2ccc(OCCOc3ccc(Cl)cc3)cc2)cc1. The van der Waals surface area contributed by atoms with Gasteiger partial charge in [-0.05, 0) is 92.2 Å². The molecule has 1 fully saturated rings. The molecule has 4 rings (SSSR count). The van der Waals surface area contributed by atoms with Gasteiger partial charge in [0.25, 0.3) is 6.26 Å². The first kappa shape index (κ1) is 30.8. The van der Waals surface area contributed by atoms with Crippen LogP contribution in [0.3, 0.4) is 0 Å². The minimum absolute atomic E-state index is 0.00334. The molecule has 0 radical (unpaired) electrons. The molecule has 0 amide bonds. The molecule has 9 nitrogen and oxygen atoms in total. The van der Waals surface area contributed by atoms with E-state index in [1.807, 2.05) is 0 Å². The molecule has 0 aliphatic carbocycles. The van der Waals surface area contributed by atoms with Crippen LogP contribution in [0.2, 0.25) is 5.02 Å². The number of hydrogen-bond acceptors (Lipinski definition) is 9. The van der Waals surface area contributed by atoms with E-state index >= 15 is 0 Å². The maximum atomic E-state index is 13.0. The molecule has 3 aromatic carbocycles. The first-order valence-corrected chi connectivity index (χ1v) is 14.2. The van der Waals surface area contributed by atoms with Crippen molar-refractivity contribution in [2.24, 2.45) is 5.92 Å². The number of halogens is 1. The Bertz CT molecular complexity index is 1340. The number of aliphatic hydroxyl groups is 1. The third-order valence-corrected chi connectivity index (χ3v) is 7.20. The Kier molecular flexibility index (Phi) is 11.6. The third-order valence-electron chi connectivity index (χ3n) is 6.95. The van der Waals surface area contributed by atoms with Gasteiger partial charge in [0, 0.05) is 23.9 Å². The summed E-state index contributed by atoms with van der Waals surface area (Å²) in [6.45, 7) is 2.95. The van der Waals surface area contributed by atoms with Crippen LogP contribution >= 0.6 is 11.6 Å². The first-order chi connectivity index (χ1) is 20.4. The lowest BCUT2D eigenvalue weighted by Crippen LogP contribution is -2.38. The monoisotopic (exact) mass is 591 g/mol. The van der Waals surface area contributed by atoms with Crippen molar-refractivity contribution in [2.75, 3.05) is 39.5 Å². The fourth-order valence-electron chi connectivity index (χ4n) is 4.70. The molecule has 2 atom stereocenters. The summed E-state index contributed by atoms with van der Waals surface area (Å²) >= 11 is 5.89. The van der Waals surface area contributed by atoms with E-state index in [4.69, 9.17) is 41.2 Å². The van der Waals surface area contributed by atoms with Gasteiger partial charge in [-0.25, -0.2) is 0 Å². The Labute approximate surface area is 250 Å². The molecule has 1 unspecified atom stereocenters. The Morgan fingerprint density at radius 1 is 0.857 bits per heavy atom. The second-order valence-corrected chi connectivity index (χ2v) is 10.3. The standard InChI is InChI=1S/C32H34ClN3O6/c33-24-5-9-26(10-6-24)41-20-19-40-25-7-3-23(4-8-25)32(38)29(21-36-16-1-2-17-36)31(35)30(37)15-18-39-27-11-13-28(14-12-27)42-22-34/h3-14,29,32,35,38H,1-2,15-21H2/t29?,32-/m1/s1. The molecule has 0 bridgehead atoms. The lowest BCUT2D eigenvalue weighted by Gasteiger charge is -2.28. The number of hydrogen-bond donors (Lipinski definition) is 2. The van der Waals surface area contributed by atoms with Gasteiger partial charge in [0.15, 0.2) is 5.78 Å². The number of aliphatic hydroxyl groups excluding tert-OH is 1. The molecule has 0 aromatic heterocycles. The lowest BCUT2D eigenvalue weighted by atomic mass is 9.88. The van der Waals surface area contributed by atoms with Gasteiger partial charge in [-0.3, -0.25) is 4.79 Å². The van der Waals surface area contributed by atoms with Crippen molar-refractivity contribution in [3.63, 3.8) is 0 Å². The highest BCUT2D eigenvalue weighted by atomic mass is 35.5. The maximum absolute atomic E-state index is 13.0. The molecule has 1 aliphatic rings. The Morgan fingerprint density at radius 2 is 1.36 bits per heavy atom. The van der Waals surface area contributed by atoms with Crippen LogP contribution in [0, 0.1) is 22.8 Å². The fraction of sp³-hybridized carbons (Fsp3) is 0.344. The molecular weight excluding hydrogens is 558 g/mol. The van der Waals surface area contributed by atoms with E-state index in [1.165, 1.54) is 0 Å². The van der Waals surface area contributed by atoms with Crippen LogP contribution in [0.4, 0.5) is 0 Å². The van der Waals surface area contributed by atoms with Crippen LogP contribution in [0.5, 0.6) is 23.0 Å². The van der Waals surface area contributed by atoms with Crippen molar-refractivity contribution in [1.82, 2.24) is 4.90 Å². The van der Waals surface area contributed by atoms with Crippen LogP contribution in [0.15, 0.2) is 72.8 Å². The zero-order valence-electron chi connectivity index (χ0n) is 23.2. The fourth-order valence-corrected chi connectivity index (χ4v) is 4.82. The van der Waals surface area contributed by atoms with E-state index < -0.39 is 12.0 Å². The molecule has 220 valence electrons. The number of nitrogens with zero attached hydrogens (tertiary/aromatic N) is 2. The average molecular weight is 592 g/mol. The van der Waals surface area contributed by atoms with Crippen molar-refractivity contribution in [2.45, 2.75) is 25.4 Å². The first-order valence-electron chi connectivity index (χ1n) is 13.8. The molecule has 2 N–H and O–H groups in total. The van der Waals surface area contributed by atoms with E-state index in [1.54, 1.807) is 79.1 Å². The minimum atomic E-state index is -1.03. The Balaban J connectivity index is 1.31. The molecule has 10 heteroatoms. The summed E-state index contributed by atoms with van der Waals surface area (Å²) in [7, 11) is 0. The summed E-state index contributed by atoms with van der Waals surface area (Å²) < 4.78 is 21.8. The van der Waals surface area contributed by atoms with E-state index in [9.17, 15) is 9.90 Å². The van der Waals surface area contributed by atoms with Crippen LogP contribution < -0.4 is 18.9 Å². The van der Waals surface area contributed by atoms with Gasteiger partial charge in [-0.2, -0.15) is 0 Å². The number of nitriles is 1. The normalized spacial score (nSPS) is 14.4. The predicted octanol–water partition coefficient (Wildman–Crippen LogP) is 5.46. The maximum Gasteiger partial charge on any atom is 0.292 e. The number of benzene rings is 3. The number of Topliss-reactive ketones (excluding diaryl/α,β-unsaturated/α-hetero) is 1. The number of ketones is 1. The molecule has 1 heterocycles. The highest BCUT2D eigenvalue weighted by Crippen LogP contribution is 2.28. The van der Waals surface area contributed by atoms with Gasteiger partial charge in [0.05, 0.1) is 18.4 Å². The summed E-state index contributed by atoms with van der Waals surface area (Å²) in [5.74, 6) is 1.18. The van der Waals surface area contributed by atoms with E-state index in [2.05, 4.69) is 4.90 Å². The lowest BCUT2D eigenvalue weighted by molar-refractivity contribution is -0.114. The highest BCUT2D eigenvalue weighted by molar-refractivity contribution is 6.39. The second kappa shape index (κ2) is 15.8. The molecule has 0 spiro atoms. The molecule has 0 saturated carbocycles. The minimum Gasteiger partial charge on any atom is -0.493 e. The van der Waals surface area contributed by atoms with Gasteiger partial charge in [-0.1, -0.05) is 23.7 Å². The summed E-state index contributed by atoms with van der Waals surface area (Å²) in [5.41, 5.74) is 0.493. The smallest absolute Gasteiger partial charge is 0.292 e. The zero-order valence-corrected chi connectivity index (χ0v) is 24.0. The molecule has 42 heavy (non-hydrogen) atoms. The number of carbonyl (C=O) groups is 1. The Morgan fingerprint density at radius 3 is 1.93 bits per heavy atom. The van der Waals surface area contributed by atoms with Crippen molar-refractivity contribution in [3.8, 4) is 29.3 Å². The number of rotatable bonds is 16. The number of nitrogens with one attached hydrogen (secondary N) is 1. The van der Waals surface area contributed by atoms with Crippen LogP contribution in [-0.2, 0) is 4.79 Å². The van der Waals surface area contributed by atoms with Gasteiger partial charge >= 0.3 is 0 Å². The summed E-state index contributed by atoms with van der Waals surface area (Å²) in [6, 6.07) is 20.6. The summed E-state index contributed by atoms with van der Waals surface area (Å²) in [5, 5.41) is 29.3. The number of ether oxygens (including phenoxy) is 4. The van der Waals surface area contributed by atoms with Crippen LogP contribution in [0.25, 0.3) is 0 Å². The van der Waals surface area contributed by atoms with Crippen molar-refractivity contribution in [1.29, 1.82) is 10.7 Å². The molecule has 3 aromatic rings. The zero-order chi connectivity index (χ0) is 29.7. The van der Waals surface area contributed by atoms with Gasteiger partial charge in [0.2, 0.25) is 0 Å². The molecular formula is C32H34ClN3O6. The van der Waals surface area contributed by atoms with Crippen LogP contribution in [0.1, 0.15) is 30.9 Å². The highest BCUT2D eigenvalue weighted by Gasteiger charge is 2.31. The van der Waals surface area contributed by atoms with E-state index in [-0.39, 0.29) is 24.5 Å². The summed E-state index contributed by atoms with van der Waals surface area (Å²) in [4.78, 5) is 15.2. The number of carbonyl (C=O) groups excluding carboxylic acids is 1. The van der Waals surface area contributed by atoms with Crippen molar-refractivity contribution in [3.05, 3.63) is 83.4 Å². The Hall–Kier alpha value is -4.10. The topological polar surface area (TPSA) is 125 Å². The van der Waals surface area contributed by atoms with Gasteiger partial charge in [-0.15, -0.1) is 5.26 Å². The molecule has 1 saturated heterocycles. The van der Waals surface area contributed by atoms with Gasteiger partial charge < -0.3 is 34.4 Å². The molecule has 1 aliphatic heterocycles. The average Bonchev–Trinajstić information content (AvgIpc) is 3.53. The van der Waals surface area contributed by atoms with E-state index in [0.717, 1.165) is 25.9 Å².